The van der Waals surface area contributed by atoms with Crippen LogP contribution < -0.4 is 5.32 Å². The molecule has 0 aliphatic carbocycles. The van der Waals surface area contributed by atoms with Crippen LogP contribution in [0.3, 0.4) is 0 Å². The molecule has 0 aromatic carbocycles. The van der Waals surface area contributed by atoms with Crippen molar-refractivity contribution in [2.75, 3.05) is 13.2 Å². The van der Waals surface area contributed by atoms with E-state index in [2.05, 4.69) is 5.32 Å². The number of hydrogen-bond acceptors (Lipinski definition) is 4. The lowest BCUT2D eigenvalue weighted by atomic mass is 10.3. The minimum atomic E-state index is -3.86. The molecule has 1 atom stereocenters. The number of carbonyl (C=O) groups is 1. The molecule has 21 heavy (non-hydrogen) atoms. The number of rotatable bonds is 7. The van der Waals surface area contributed by atoms with Gasteiger partial charge in [0.1, 0.15) is 10.6 Å². The molecule has 0 saturated heterocycles. The van der Waals surface area contributed by atoms with Crippen molar-refractivity contribution in [3.05, 3.63) is 18.0 Å². The molecule has 1 N–H and O–H groups in total. The van der Waals surface area contributed by atoms with Gasteiger partial charge in [0.05, 0.1) is 6.10 Å². The molecule has 1 aromatic heterocycles. The van der Waals surface area contributed by atoms with Crippen molar-refractivity contribution >= 4 is 25.6 Å². The zero-order chi connectivity index (χ0) is 16.2. The van der Waals surface area contributed by atoms with Crippen LogP contribution in [0.15, 0.2) is 17.2 Å². The molecule has 8 heteroatoms. The summed E-state index contributed by atoms with van der Waals surface area (Å²) in [7, 11) is 1.46. The van der Waals surface area contributed by atoms with E-state index < -0.39 is 9.05 Å². The predicted octanol–water partition coefficient (Wildman–Crippen LogP) is 2.15. The Morgan fingerprint density at radius 2 is 2.05 bits per heavy atom. The molecule has 0 aliphatic rings. The largest absolute Gasteiger partial charge is 0.377 e. The van der Waals surface area contributed by atoms with E-state index in [1.54, 1.807) is 4.57 Å². The summed E-state index contributed by atoms with van der Waals surface area (Å²) in [5, 5.41) is 2.72. The second kappa shape index (κ2) is 7.29. The average molecular weight is 337 g/mol. The Bertz CT molecular complexity index is 595. The number of carbonyl (C=O) groups excluding carboxylic acids is 1. The highest BCUT2D eigenvalue weighted by Crippen LogP contribution is 2.21. The first kappa shape index (κ1) is 18.0. The third kappa shape index (κ3) is 5.01. The molecule has 0 fully saturated rings. The second-order valence-corrected chi connectivity index (χ2v) is 7.54. The Kier molecular flexibility index (Phi) is 6.24. The third-order valence-corrected chi connectivity index (χ3v) is 4.22. The predicted molar refractivity (Wildman–Crippen MR) is 81.3 cm³/mol. The molecule has 0 bridgehead atoms. The molecule has 1 unspecified atom stereocenters. The average Bonchev–Trinajstić information content (AvgIpc) is 2.81. The summed E-state index contributed by atoms with van der Waals surface area (Å²) in [4.78, 5) is 12.1. The zero-order valence-electron chi connectivity index (χ0n) is 12.6. The Hall–Kier alpha value is -1.05. The van der Waals surface area contributed by atoms with Crippen LogP contribution in [0.2, 0.25) is 0 Å². The SMILES string of the molecule is CCOC(C)CNC(=O)c1cc(S(=O)(=O)Cl)cn1C(C)C. The normalized spacial score (nSPS) is 13.4. The molecule has 1 rings (SSSR count). The fraction of sp³-hybridized carbons (Fsp3) is 0.615. The van der Waals surface area contributed by atoms with Crippen LogP contribution in [0.1, 0.15) is 44.2 Å². The van der Waals surface area contributed by atoms with Gasteiger partial charge in [0.15, 0.2) is 0 Å². The van der Waals surface area contributed by atoms with Crippen molar-refractivity contribution in [3.8, 4) is 0 Å². The van der Waals surface area contributed by atoms with Gasteiger partial charge in [0, 0.05) is 36.1 Å². The molecule has 0 spiro atoms. The highest BCUT2D eigenvalue weighted by Gasteiger charge is 2.21. The number of nitrogens with one attached hydrogen (secondary N) is 1. The molecule has 0 saturated carbocycles. The van der Waals surface area contributed by atoms with Gasteiger partial charge in [-0.05, 0) is 33.8 Å². The van der Waals surface area contributed by atoms with E-state index in [0.29, 0.717) is 13.2 Å². The van der Waals surface area contributed by atoms with Gasteiger partial charge in [-0.15, -0.1) is 0 Å². The summed E-state index contributed by atoms with van der Waals surface area (Å²) >= 11 is 0. The van der Waals surface area contributed by atoms with E-state index in [4.69, 9.17) is 15.4 Å². The van der Waals surface area contributed by atoms with Gasteiger partial charge in [-0.3, -0.25) is 4.79 Å². The van der Waals surface area contributed by atoms with E-state index in [9.17, 15) is 13.2 Å². The Morgan fingerprint density at radius 3 is 2.52 bits per heavy atom. The lowest BCUT2D eigenvalue weighted by Gasteiger charge is -2.15. The summed E-state index contributed by atoms with van der Waals surface area (Å²) in [5.74, 6) is -0.359. The number of halogens is 1. The molecule has 120 valence electrons. The number of ether oxygens (including phenoxy) is 1. The smallest absolute Gasteiger partial charge is 0.268 e. The molecular formula is C13H21ClN2O4S. The first-order valence-corrected chi connectivity index (χ1v) is 9.04. The summed E-state index contributed by atoms with van der Waals surface area (Å²) in [6.45, 7) is 8.33. The van der Waals surface area contributed by atoms with Crippen molar-refractivity contribution in [1.82, 2.24) is 9.88 Å². The van der Waals surface area contributed by atoms with Gasteiger partial charge >= 0.3 is 0 Å². The molecule has 1 heterocycles. The van der Waals surface area contributed by atoms with E-state index in [1.165, 1.54) is 12.3 Å². The number of hydrogen-bond donors (Lipinski definition) is 1. The minimum Gasteiger partial charge on any atom is -0.377 e. The van der Waals surface area contributed by atoms with Crippen molar-refractivity contribution in [2.45, 2.75) is 44.7 Å². The molecular weight excluding hydrogens is 316 g/mol. The fourth-order valence-corrected chi connectivity index (χ4v) is 2.61. The monoisotopic (exact) mass is 336 g/mol. The van der Waals surface area contributed by atoms with Crippen LogP contribution in [0, 0.1) is 0 Å². The number of nitrogens with zero attached hydrogens (tertiary/aromatic N) is 1. The van der Waals surface area contributed by atoms with Crippen LogP contribution in [0.25, 0.3) is 0 Å². The quantitative estimate of drug-likeness (QED) is 0.774. The number of aromatic nitrogens is 1. The van der Waals surface area contributed by atoms with Gasteiger partial charge < -0.3 is 14.6 Å². The van der Waals surface area contributed by atoms with E-state index >= 15 is 0 Å². The first-order chi connectivity index (χ1) is 9.66. The topological polar surface area (TPSA) is 77.4 Å². The Morgan fingerprint density at radius 1 is 1.43 bits per heavy atom. The van der Waals surface area contributed by atoms with Gasteiger partial charge in [-0.25, -0.2) is 8.42 Å². The molecule has 6 nitrogen and oxygen atoms in total. The molecule has 0 radical (unpaired) electrons. The standard InChI is InChI=1S/C13H21ClN2O4S/c1-5-20-10(4)7-15-13(17)12-6-11(21(14,18)19)8-16(12)9(2)3/h6,8-10H,5,7H2,1-4H3,(H,15,17). The Balaban J connectivity index is 2.95. The highest BCUT2D eigenvalue weighted by atomic mass is 35.7. The lowest BCUT2D eigenvalue weighted by Crippen LogP contribution is -2.33. The van der Waals surface area contributed by atoms with E-state index in [-0.39, 0.29) is 28.6 Å². The van der Waals surface area contributed by atoms with Gasteiger partial charge in [-0.2, -0.15) is 0 Å². The van der Waals surface area contributed by atoms with E-state index in [1.807, 2.05) is 27.7 Å². The van der Waals surface area contributed by atoms with Gasteiger partial charge in [0.25, 0.3) is 15.0 Å². The van der Waals surface area contributed by atoms with Crippen molar-refractivity contribution < 1.29 is 17.9 Å². The number of amides is 1. The maximum atomic E-state index is 12.2. The zero-order valence-corrected chi connectivity index (χ0v) is 14.2. The lowest BCUT2D eigenvalue weighted by molar-refractivity contribution is 0.0691. The molecule has 1 aromatic rings. The third-order valence-electron chi connectivity index (χ3n) is 2.90. The highest BCUT2D eigenvalue weighted by molar-refractivity contribution is 8.13. The van der Waals surface area contributed by atoms with Crippen molar-refractivity contribution in [1.29, 1.82) is 0 Å². The van der Waals surface area contributed by atoms with Crippen LogP contribution in [-0.2, 0) is 13.8 Å². The van der Waals surface area contributed by atoms with Gasteiger partial charge in [-0.1, -0.05) is 0 Å². The summed E-state index contributed by atoms with van der Waals surface area (Å²) < 4.78 is 29.7. The van der Waals surface area contributed by atoms with Crippen LogP contribution in [-0.4, -0.2) is 38.1 Å². The van der Waals surface area contributed by atoms with E-state index in [0.717, 1.165) is 0 Å². The molecule has 0 aliphatic heterocycles. The van der Waals surface area contributed by atoms with Crippen LogP contribution in [0.4, 0.5) is 0 Å². The first-order valence-electron chi connectivity index (χ1n) is 6.73. The summed E-state index contributed by atoms with van der Waals surface area (Å²) in [5.41, 5.74) is 0.257. The summed E-state index contributed by atoms with van der Waals surface area (Å²) in [6.07, 6.45) is 1.26. The summed E-state index contributed by atoms with van der Waals surface area (Å²) in [6, 6.07) is 1.21. The van der Waals surface area contributed by atoms with Gasteiger partial charge in [0.2, 0.25) is 0 Å². The maximum absolute atomic E-state index is 12.2. The molecule has 1 amide bonds. The van der Waals surface area contributed by atoms with Crippen molar-refractivity contribution in [2.24, 2.45) is 0 Å². The maximum Gasteiger partial charge on any atom is 0.268 e. The van der Waals surface area contributed by atoms with Crippen molar-refractivity contribution in [3.63, 3.8) is 0 Å². The minimum absolute atomic E-state index is 0.0674. The van der Waals surface area contributed by atoms with Crippen LogP contribution >= 0.6 is 10.7 Å². The second-order valence-electron chi connectivity index (χ2n) is 4.98. The van der Waals surface area contributed by atoms with Crippen LogP contribution in [0.5, 0.6) is 0 Å². The Labute approximate surface area is 129 Å². The fourth-order valence-electron chi connectivity index (χ4n) is 1.87.